The van der Waals surface area contributed by atoms with E-state index in [2.05, 4.69) is 29.1 Å². The fourth-order valence-corrected chi connectivity index (χ4v) is 5.66. The predicted molar refractivity (Wildman–Crippen MR) is 185 cm³/mol. The number of aryl methyl sites for hydroxylation is 2. The molecule has 1 N–H and O–H groups in total. The van der Waals surface area contributed by atoms with Gasteiger partial charge < -0.3 is 19.4 Å². The number of carbonyl (C=O) groups is 3. The largest absolute Gasteiger partial charge is 0.459 e. The third-order valence-electron chi connectivity index (χ3n) is 7.90. The van der Waals surface area contributed by atoms with Gasteiger partial charge in [0.05, 0.1) is 17.2 Å². The summed E-state index contributed by atoms with van der Waals surface area (Å²) in [7, 11) is 0. The fraction of sp³-hybridized carbons (Fsp3) is 0.250. The molecule has 0 atom stereocenters. The molecule has 0 saturated heterocycles. The summed E-state index contributed by atoms with van der Waals surface area (Å²) >= 11 is 0. The molecule has 244 valence electrons. The fourth-order valence-electron chi connectivity index (χ4n) is 5.66. The minimum absolute atomic E-state index is 0.119. The zero-order chi connectivity index (χ0) is 34.4. The summed E-state index contributed by atoms with van der Waals surface area (Å²) in [5.74, 6) is -1.46. The molecule has 8 heteroatoms. The van der Waals surface area contributed by atoms with Crippen LogP contribution in [0.25, 0.3) is 22.0 Å². The Morgan fingerprint density at radius 3 is 2.38 bits per heavy atom. The minimum atomic E-state index is -0.676. The molecule has 5 aromatic rings. The van der Waals surface area contributed by atoms with E-state index >= 15 is 0 Å². The zero-order valence-electron chi connectivity index (χ0n) is 27.9. The Hall–Kier alpha value is -5.68. The van der Waals surface area contributed by atoms with Crippen molar-refractivity contribution in [3.05, 3.63) is 130 Å². The average Bonchev–Trinajstić information content (AvgIpc) is 3.42. The molecule has 5 rings (SSSR count). The summed E-state index contributed by atoms with van der Waals surface area (Å²) in [5.41, 5.74) is 6.59. The molecule has 0 saturated carbocycles. The van der Waals surface area contributed by atoms with E-state index in [4.69, 9.17) is 9.47 Å². The Balaban J connectivity index is 1.56. The maximum atomic E-state index is 13.6. The molecule has 0 unspecified atom stereocenters. The molecular weight excluding hydrogens is 602 g/mol. The molecule has 0 aliphatic rings. The smallest absolute Gasteiger partial charge is 0.339 e. The number of nitrogens with one attached hydrogen (secondary N) is 1. The van der Waals surface area contributed by atoms with Gasteiger partial charge in [-0.2, -0.15) is 5.26 Å². The summed E-state index contributed by atoms with van der Waals surface area (Å²) < 4.78 is 13.2. The highest BCUT2D eigenvalue weighted by Crippen LogP contribution is 2.33. The lowest BCUT2D eigenvalue weighted by atomic mass is 9.89. The van der Waals surface area contributed by atoms with E-state index in [9.17, 15) is 19.6 Å². The van der Waals surface area contributed by atoms with E-state index in [0.717, 1.165) is 39.7 Å². The van der Waals surface area contributed by atoms with Crippen LogP contribution in [0.15, 0.2) is 91.1 Å². The monoisotopic (exact) mass is 641 g/mol. The molecular formula is C40H39N3O5. The number of aromatic nitrogens is 1. The zero-order valence-corrected chi connectivity index (χ0v) is 27.9. The van der Waals surface area contributed by atoms with Crippen molar-refractivity contribution in [1.82, 2.24) is 9.88 Å². The van der Waals surface area contributed by atoms with Crippen molar-refractivity contribution in [2.24, 2.45) is 0 Å². The normalized spacial score (nSPS) is 11.2. The maximum Gasteiger partial charge on any atom is 0.339 e. The molecule has 0 fully saturated rings. The van der Waals surface area contributed by atoms with Crippen molar-refractivity contribution in [1.29, 1.82) is 5.26 Å². The number of benzene rings is 4. The molecule has 1 aromatic heterocycles. The number of nitrogens with zero attached hydrogens (tertiary/aromatic N) is 2. The van der Waals surface area contributed by atoms with Crippen LogP contribution in [0.3, 0.4) is 0 Å². The summed E-state index contributed by atoms with van der Waals surface area (Å²) in [6.07, 6.45) is 2.58. The third kappa shape index (κ3) is 7.99. The van der Waals surface area contributed by atoms with Crippen LogP contribution in [0, 0.1) is 18.3 Å². The third-order valence-corrected chi connectivity index (χ3v) is 7.90. The van der Waals surface area contributed by atoms with E-state index in [1.165, 1.54) is 0 Å². The molecule has 0 bridgehead atoms. The van der Waals surface area contributed by atoms with Crippen molar-refractivity contribution in [3.63, 3.8) is 0 Å². The topological polar surface area (TPSA) is 110 Å². The Labute approximate surface area is 280 Å². The van der Waals surface area contributed by atoms with Crippen LogP contribution in [0.1, 0.15) is 76.2 Å². The van der Waals surface area contributed by atoms with Gasteiger partial charge in [0.2, 0.25) is 0 Å². The minimum Gasteiger partial charge on any atom is -0.459 e. The first-order chi connectivity index (χ1) is 23.0. The lowest BCUT2D eigenvalue weighted by molar-refractivity contribution is -0.153. The molecule has 0 radical (unpaired) electrons. The summed E-state index contributed by atoms with van der Waals surface area (Å²) in [6.45, 7) is 9.83. The Bertz CT molecular complexity index is 2030. The molecule has 4 aromatic carbocycles. The van der Waals surface area contributed by atoms with Crippen LogP contribution < -0.4 is 5.32 Å². The van der Waals surface area contributed by atoms with Gasteiger partial charge in [0.25, 0.3) is 5.91 Å². The lowest BCUT2D eigenvalue weighted by Crippen LogP contribution is -2.34. The van der Waals surface area contributed by atoms with E-state index < -0.39 is 23.4 Å². The molecule has 48 heavy (non-hydrogen) atoms. The van der Waals surface area contributed by atoms with Crippen LogP contribution in [-0.4, -0.2) is 34.6 Å². The highest BCUT2D eigenvalue weighted by molar-refractivity contribution is 6.01. The summed E-state index contributed by atoms with van der Waals surface area (Å²) in [6, 6.07) is 28.3. The van der Waals surface area contributed by atoms with Crippen LogP contribution in [0.2, 0.25) is 0 Å². The second-order valence-electron chi connectivity index (χ2n) is 12.7. The predicted octanol–water partition coefficient (Wildman–Crippen LogP) is 7.53. The first-order valence-electron chi connectivity index (χ1n) is 15.9. The molecule has 1 amide bonds. The molecule has 1 heterocycles. The number of esters is 2. The number of hydrogen-bond acceptors (Lipinski definition) is 6. The van der Waals surface area contributed by atoms with Gasteiger partial charge in [-0.15, -0.1) is 0 Å². The highest BCUT2D eigenvalue weighted by Gasteiger charge is 2.22. The van der Waals surface area contributed by atoms with Gasteiger partial charge in [0.1, 0.15) is 18.8 Å². The van der Waals surface area contributed by atoms with Gasteiger partial charge >= 0.3 is 11.9 Å². The van der Waals surface area contributed by atoms with Gasteiger partial charge in [-0.05, 0) is 92.8 Å². The van der Waals surface area contributed by atoms with Crippen molar-refractivity contribution in [2.45, 2.75) is 59.8 Å². The lowest BCUT2D eigenvalue weighted by Gasteiger charge is -2.19. The SMILES string of the molecule is CCn1cc(Cc2ccc(C(=O)NCC(=O)OC(C)(C)C)cc2-c2ccc(C)cc2C(=O)OCc2ccccc2)c2ccc(C#N)cc21. The van der Waals surface area contributed by atoms with Crippen molar-refractivity contribution in [3.8, 4) is 17.2 Å². The standard InChI is InChI=1S/C40H39N3O5/c1-6-43-24-31(32-17-13-28(22-41)19-36(32)43)20-29-14-15-30(38(45)42-23-37(44)48-40(3,4)5)21-34(29)33-16-12-26(2)18-35(33)39(46)47-25-27-10-8-7-9-11-27/h7-19,21,24H,6,20,23,25H2,1-5H3,(H,42,45). The van der Waals surface area contributed by atoms with Crippen molar-refractivity contribution in [2.75, 3.05) is 6.54 Å². The van der Waals surface area contributed by atoms with E-state index in [0.29, 0.717) is 34.2 Å². The van der Waals surface area contributed by atoms with Gasteiger partial charge in [-0.25, -0.2) is 4.79 Å². The first-order valence-corrected chi connectivity index (χ1v) is 15.9. The van der Waals surface area contributed by atoms with E-state index in [1.807, 2.05) is 73.7 Å². The Morgan fingerprint density at radius 2 is 1.67 bits per heavy atom. The van der Waals surface area contributed by atoms with Gasteiger partial charge in [-0.1, -0.05) is 60.2 Å². The number of ether oxygens (including phenoxy) is 2. The Morgan fingerprint density at radius 1 is 0.896 bits per heavy atom. The summed E-state index contributed by atoms with van der Waals surface area (Å²) in [4.78, 5) is 39.3. The number of rotatable bonds is 10. The van der Waals surface area contributed by atoms with Gasteiger partial charge in [-0.3, -0.25) is 9.59 Å². The van der Waals surface area contributed by atoms with Gasteiger partial charge in [0.15, 0.2) is 0 Å². The maximum absolute atomic E-state index is 13.6. The van der Waals surface area contributed by atoms with Crippen LogP contribution in [0.5, 0.6) is 0 Å². The van der Waals surface area contributed by atoms with Crippen molar-refractivity contribution >= 4 is 28.7 Å². The molecule has 0 aliphatic heterocycles. The second kappa shape index (κ2) is 14.4. The van der Waals surface area contributed by atoms with E-state index in [-0.39, 0.29) is 13.2 Å². The van der Waals surface area contributed by atoms with Crippen molar-refractivity contribution < 1.29 is 23.9 Å². The first kappa shape index (κ1) is 33.7. The van der Waals surface area contributed by atoms with Crippen LogP contribution in [0.4, 0.5) is 0 Å². The number of nitriles is 1. The molecule has 8 nitrogen and oxygen atoms in total. The Kier molecular flexibility index (Phi) is 10.1. The average molecular weight is 642 g/mol. The second-order valence-corrected chi connectivity index (χ2v) is 12.7. The quantitative estimate of drug-likeness (QED) is 0.158. The number of fused-ring (bicyclic) bond motifs is 1. The van der Waals surface area contributed by atoms with Gasteiger partial charge in [0, 0.05) is 35.6 Å². The number of carbonyl (C=O) groups excluding carboxylic acids is 3. The summed E-state index contributed by atoms with van der Waals surface area (Å²) in [5, 5.41) is 13.2. The molecule has 0 aliphatic carbocycles. The van der Waals surface area contributed by atoms with E-state index in [1.54, 1.807) is 39.0 Å². The highest BCUT2D eigenvalue weighted by atomic mass is 16.6. The number of hydrogen-bond donors (Lipinski definition) is 1. The van der Waals surface area contributed by atoms with Crippen LogP contribution in [-0.2, 0) is 33.8 Å². The number of amides is 1. The molecule has 0 spiro atoms. The van der Waals surface area contributed by atoms with Crippen LogP contribution >= 0.6 is 0 Å².